The van der Waals surface area contributed by atoms with Crippen molar-refractivity contribution in [2.24, 2.45) is 0 Å². The third-order valence-corrected chi connectivity index (χ3v) is 6.46. The molecular formula is C25H36N2O5S. The lowest BCUT2D eigenvalue weighted by molar-refractivity contribution is 0.153. The number of carbonyl (C=O) groups excluding carboxylic acids is 1. The standard InChI is InChI=1S/C25H36N2O5S/c1-7-33(29,30)32-21-11-8-10-20(16-21)17-27(14-15-31-6)25(28)26-24-22(18(2)3)12-9-13-23(24)19(4)5/h8-13,16,18-19H,7,14-15,17H2,1-6H3,(H,26,28). The van der Waals surface area contributed by atoms with Gasteiger partial charge in [-0.15, -0.1) is 0 Å². The summed E-state index contributed by atoms with van der Waals surface area (Å²) in [7, 11) is -2.04. The average molecular weight is 477 g/mol. The molecule has 2 rings (SSSR count). The van der Waals surface area contributed by atoms with E-state index >= 15 is 0 Å². The van der Waals surface area contributed by atoms with E-state index in [1.165, 1.54) is 6.92 Å². The number of nitrogens with zero attached hydrogens (tertiary/aromatic N) is 1. The van der Waals surface area contributed by atoms with E-state index in [2.05, 4.69) is 33.0 Å². The van der Waals surface area contributed by atoms with Crippen molar-refractivity contribution in [2.45, 2.75) is 53.0 Å². The first-order valence-corrected chi connectivity index (χ1v) is 12.8. The molecule has 0 aromatic heterocycles. The number of amides is 2. The van der Waals surface area contributed by atoms with Crippen molar-refractivity contribution in [1.29, 1.82) is 0 Å². The molecule has 0 aliphatic heterocycles. The Labute approximate surface area is 198 Å². The summed E-state index contributed by atoms with van der Waals surface area (Å²) in [4.78, 5) is 15.0. The van der Waals surface area contributed by atoms with Crippen LogP contribution in [0.4, 0.5) is 10.5 Å². The Morgan fingerprint density at radius 3 is 2.18 bits per heavy atom. The molecule has 8 heteroatoms. The number of urea groups is 1. The van der Waals surface area contributed by atoms with Crippen LogP contribution in [0.25, 0.3) is 0 Å². The van der Waals surface area contributed by atoms with Crippen LogP contribution in [0, 0.1) is 0 Å². The molecule has 0 aliphatic carbocycles. The molecule has 1 N–H and O–H groups in total. The van der Waals surface area contributed by atoms with Crippen molar-refractivity contribution in [1.82, 2.24) is 4.90 Å². The highest BCUT2D eigenvalue weighted by Crippen LogP contribution is 2.32. The molecule has 0 atom stereocenters. The number of hydrogen-bond acceptors (Lipinski definition) is 5. The first-order valence-electron chi connectivity index (χ1n) is 11.3. The van der Waals surface area contributed by atoms with Gasteiger partial charge in [0, 0.05) is 25.9 Å². The summed E-state index contributed by atoms with van der Waals surface area (Å²) in [6.07, 6.45) is 0. The molecule has 2 amide bonds. The summed E-state index contributed by atoms with van der Waals surface area (Å²) in [5, 5.41) is 3.14. The molecule has 2 aromatic rings. The molecule has 33 heavy (non-hydrogen) atoms. The second kappa shape index (κ2) is 12.0. The zero-order valence-corrected chi connectivity index (χ0v) is 21.2. The van der Waals surface area contributed by atoms with Crippen LogP contribution in [0.3, 0.4) is 0 Å². The van der Waals surface area contributed by atoms with Crippen LogP contribution in [-0.4, -0.2) is 45.4 Å². The molecule has 0 heterocycles. The lowest BCUT2D eigenvalue weighted by atomic mass is 9.93. The Morgan fingerprint density at radius 1 is 1.03 bits per heavy atom. The second-order valence-corrected chi connectivity index (χ2v) is 10.4. The summed E-state index contributed by atoms with van der Waals surface area (Å²) < 4.78 is 34.0. The molecule has 0 fully saturated rings. The van der Waals surface area contributed by atoms with Crippen LogP contribution in [0.15, 0.2) is 42.5 Å². The maximum absolute atomic E-state index is 13.4. The monoisotopic (exact) mass is 476 g/mol. The average Bonchev–Trinajstić information content (AvgIpc) is 2.76. The summed E-state index contributed by atoms with van der Waals surface area (Å²) in [6, 6.07) is 12.6. The van der Waals surface area contributed by atoms with Gasteiger partial charge in [0.2, 0.25) is 0 Å². The number of rotatable bonds is 11. The summed E-state index contributed by atoms with van der Waals surface area (Å²) in [5.74, 6) is 0.614. The first kappa shape index (κ1) is 26.7. The quantitative estimate of drug-likeness (QED) is 0.442. The molecule has 0 aliphatic rings. The van der Waals surface area contributed by atoms with Gasteiger partial charge in [0.05, 0.1) is 12.4 Å². The summed E-state index contributed by atoms with van der Waals surface area (Å²) >= 11 is 0. The van der Waals surface area contributed by atoms with Crippen molar-refractivity contribution < 1.29 is 22.1 Å². The van der Waals surface area contributed by atoms with Gasteiger partial charge in [0.1, 0.15) is 5.75 Å². The van der Waals surface area contributed by atoms with Gasteiger partial charge in [-0.05, 0) is 47.6 Å². The van der Waals surface area contributed by atoms with Crippen molar-refractivity contribution in [3.63, 3.8) is 0 Å². The molecule has 2 aromatic carbocycles. The fraction of sp³-hybridized carbons (Fsp3) is 0.480. The van der Waals surface area contributed by atoms with Gasteiger partial charge in [-0.3, -0.25) is 0 Å². The molecule has 0 spiro atoms. The molecular weight excluding hydrogens is 440 g/mol. The lowest BCUT2D eigenvalue weighted by Gasteiger charge is -2.26. The number of methoxy groups -OCH3 is 1. The van der Waals surface area contributed by atoms with E-state index in [9.17, 15) is 13.2 Å². The fourth-order valence-corrected chi connectivity index (χ4v) is 3.97. The van der Waals surface area contributed by atoms with Crippen LogP contribution >= 0.6 is 0 Å². The van der Waals surface area contributed by atoms with E-state index in [0.29, 0.717) is 13.2 Å². The van der Waals surface area contributed by atoms with E-state index in [0.717, 1.165) is 22.4 Å². The van der Waals surface area contributed by atoms with Crippen LogP contribution in [0.2, 0.25) is 0 Å². The minimum atomic E-state index is -3.63. The SMILES string of the molecule is CCS(=O)(=O)Oc1cccc(CN(CCOC)C(=O)Nc2c(C(C)C)cccc2C(C)C)c1. The van der Waals surface area contributed by atoms with Crippen LogP contribution in [-0.2, 0) is 21.4 Å². The van der Waals surface area contributed by atoms with Gasteiger partial charge >= 0.3 is 16.1 Å². The molecule has 7 nitrogen and oxygen atoms in total. The van der Waals surface area contributed by atoms with Crippen molar-refractivity contribution in [3.8, 4) is 5.75 Å². The van der Waals surface area contributed by atoms with Crippen LogP contribution in [0.1, 0.15) is 63.1 Å². The topological polar surface area (TPSA) is 84.9 Å². The highest BCUT2D eigenvalue weighted by atomic mass is 32.2. The van der Waals surface area contributed by atoms with Crippen molar-refractivity contribution in [2.75, 3.05) is 31.3 Å². The number of para-hydroxylation sites is 1. The zero-order chi connectivity index (χ0) is 24.6. The van der Waals surface area contributed by atoms with Gasteiger partial charge in [0.15, 0.2) is 0 Å². The Balaban J connectivity index is 2.31. The van der Waals surface area contributed by atoms with E-state index in [1.807, 2.05) is 24.3 Å². The smallest absolute Gasteiger partial charge is 0.322 e. The third-order valence-electron chi connectivity index (χ3n) is 5.31. The fourth-order valence-electron chi connectivity index (χ4n) is 3.46. The Kier molecular flexibility index (Phi) is 9.73. The molecule has 0 bridgehead atoms. The molecule has 0 radical (unpaired) electrons. The van der Waals surface area contributed by atoms with Gasteiger partial charge in [-0.2, -0.15) is 8.42 Å². The molecule has 0 saturated carbocycles. The Hall–Kier alpha value is -2.58. The van der Waals surface area contributed by atoms with Crippen molar-refractivity contribution >= 4 is 21.8 Å². The second-order valence-electron chi connectivity index (χ2n) is 8.54. The predicted molar refractivity (Wildman–Crippen MR) is 132 cm³/mol. The number of anilines is 1. The van der Waals surface area contributed by atoms with Crippen LogP contribution < -0.4 is 9.50 Å². The first-order chi connectivity index (χ1) is 15.6. The maximum atomic E-state index is 13.4. The van der Waals surface area contributed by atoms with E-state index in [-0.39, 0.29) is 35.9 Å². The summed E-state index contributed by atoms with van der Waals surface area (Å²) in [6.45, 7) is 11.0. The van der Waals surface area contributed by atoms with E-state index < -0.39 is 10.1 Å². The molecule has 0 unspecified atom stereocenters. The number of benzene rings is 2. The van der Waals surface area contributed by atoms with E-state index in [4.69, 9.17) is 8.92 Å². The Bertz CT molecular complexity index is 1010. The number of carbonyl (C=O) groups is 1. The lowest BCUT2D eigenvalue weighted by Crippen LogP contribution is -2.37. The third kappa shape index (κ3) is 7.75. The minimum Gasteiger partial charge on any atom is -0.383 e. The normalized spacial score (nSPS) is 11.6. The predicted octanol–water partition coefficient (Wildman–Crippen LogP) is 5.34. The van der Waals surface area contributed by atoms with Gasteiger partial charge in [-0.1, -0.05) is 58.0 Å². The maximum Gasteiger partial charge on any atom is 0.322 e. The van der Waals surface area contributed by atoms with Crippen LogP contribution in [0.5, 0.6) is 5.75 Å². The van der Waals surface area contributed by atoms with Gasteiger partial charge in [-0.25, -0.2) is 4.79 Å². The summed E-state index contributed by atoms with van der Waals surface area (Å²) in [5.41, 5.74) is 3.77. The highest BCUT2D eigenvalue weighted by molar-refractivity contribution is 7.87. The van der Waals surface area contributed by atoms with Gasteiger partial charge < -0.3 is 19.1 Å². The molecule has 0 saturated heterocycles. The number of hydrogen-bond donors (Lipinski definition) is 1. The largest absolute Gasteiger partial charge is 0.383 e. The van der Waals surface area contributed by atoms with Gasteiger partial charge in [0.25, 0.3) is 0 Å². The van der Waals surface area contributed by atoms with E-state index in [1.54, 1.807) is 30.2 Å². The number of nitrogens with one attached hydrogen (secondary N) is 1. The highest BCUT2D eigenvalue weighted by Gasteiger charge is 2.20. The molecule has 182 valence electrons. The zero-order valence-electron chi connectivity index (χ0n) is 20.4. The Morgan fingerprint density at radius 2 is 1.64 bits per heavy atom. The minimum absolute atomic E-state index is 0.118. The number of ether oxygens (including phenoxy) is 1. The van der Waals surface area contributed by atoms with Crippen molar-refractivity contribution in [3.05, 3.63) is 59.2 Å².